The third kappa shape index (κ3) is 3.78. The third-order valence-corrected chi connectivity index (χ3v) is 7.34. The van der Waals surface area contributed by atoms with Gasteiger partial charge in [0.1, 0.15) is 5.76 Å². The zero-order valence-corrected chi connectivity index (χ0v) is 15.3. The minimum atomic E-state index is -2.96. The number of fused-ring (bicyclic) bond motifs is 1. The number of hydrogen-bond acceptors (Lipinski definition) is 7. The minimum absolute atomic E-state index is 0.0118. The van der Waals surface area contributed by atoms with Crippen LogP contribution in [0.2, 0.25) is 0 Å². The number of sulfone groups is 1. The minimum Gasteiger partial charge on any atom is -0.467 e. The van der Waals surface area contributed by atoms with Crippen LogP contribution in [0.3, 0.4) is 0 Å². The number of aliphatic imine (C=N–C) groups is 1. The lowest BCUT2D eigenvalue weighted by Gasteiger charge is -2.09. The monoisotopic (exact) mass is 391 g/mol. The van der Waals surface area contributed by atoms with Crippen LogP contribution in [-0.4, -0.2) is 42.3 Å². The average molecular weight is 391 g/mol. The van der Waals surface area contributed by atoms with E-state index in [2.05, 4.69) is 15.6 Å². The molecule has 0 aliphatic carbocycles. The first-order valence-electron chi connectivity index (χ1n) is 8.11. The van der Waals surface area contributed by atoms with Gasteiger partial charge in [0.05, 0.1) is 30.4 Å². The number of rotatable bonds is 4. The van der Waals surface area contributed by atoms with E-state index in [4.69, 9.17) is 4.42 Å². The quantitative estimate of drug-likeness (QED) is 0.825. The van der Waals surface area contributed by atoms with Crippen LogP contribution in [0.15, 0.2) is 52.1 Å². The zero-order valence-electron chi connectivity index (χ0n) is 13.7. The lowest BCUT2D eigenvalue weighted by atomic mass is 10.2. The molecule has 7 nitrogen and oxygen atoms in total. The summed E-state index contributed by atoms with van der Waals surface area (Å²) in [4.78, 5) is 16.7. The van der Waals surface area contributed by atoms with Crippen molar-refractivity contribution in [3.63, 3.8) is 0 Å². The number of nitrogens with one attached hydrogen (secondary N) is 2. The van der Waals surface area contributed by atoms with Gasteiger partial charge in [0.15, 0.2) is 15.0 Å². The summed E-state index contributed by atoms with van der Waals surface area (Å²) in [6, 6.07) is 10.5. The Labute approximate surface area is 155 Å². The molecule has 2 N–H and O–H groups in total. The number of amidine groups is 1. The molecule has 26 heavy (non-hydrogen) atoms. The van der Waals surface area contributed by atoms with E-state index < -0.39 is 9.84 Å². The van der Waals surface area contributed by atoms with Crippen LogP contribution >= 0.6 is 11.8 Å². The van der Waals surface area contributed by atoms with Crippen molar-refractivity contribution in [1.82, 2.24) is 5.32 Å². The number of carbonyl (C=O) groups excluding carboxylic acids is 1. The maximum atomic E-state index is 12.3. The number of hydrogen-bond donors (Lipinski definition) is 2. The Morgan fingerprint density at radius 3 is 2.92 bits per heavy atom. The van der Waals surface area contributed by atoms with Gasteiger partial charge >= 0.3 is 0 Å². The van der Waals surface area contributed by atoms with E-state index in [-0.39, 0.29) is 28.7 Å². The molecule has 0 unspecified atom stereocenters. The fourth-order valence-electron chi connectivity index (χ4n) is 2.96. The largest absolute Gasteiger partial charge is 0.467 e. The normalized spacial score (nSPS) is 23.3. The van der Waals surface area contributed by atoms with Crippen molar-refractivity contribution in [1.29, 1.82) is 0 Å². The molecule has 1 aromatic heterocycles. The van der Waals surface area contributed by atoms with Crippen molar-refractivity contribution >= 4 is 38.4 Å². The van der Waals surface area contributed by atoms with Crippen molar-refractivity contribution < 1.29 is 17.6 Å². The average Bonchev–Trinajstić information content (AvgIpc) is 3.28. The van der Waals surface area contributed by atoms with Crippen molar-refractivity contribution in [3.8, 4) is 0 Å². The second-order valence-electron chi connectivity index (χ2n) is 6.20. The van der Waals surface area contributed by atoms with E-state index >= 15 is 0 Å². The number of carbonyl (C=O) groups is 1. The molecule has 9 heteroatoms. The molecular weight excluding hydrogens is 374 g/mol. The number of benzene rings is 1. The van der Waals surface area contributed by atoms with Gasteiger partial charge in [0.2, 0.25) is 0 Å². The molecule has 1 fully saturated rings. The molecule has 4 rings (SSSR count). The number of thioether (sulfide) groups is 1. The molecule has 2 atom stereocenters. The molecule has 2 aliphatic rings. The SMILES string of the molecule is O=C(NCc1ccco1)c1cccc(NC2=N[C@@H]3CS(=O)(=O)C[C@@H]3S2)c1. The van der Waals surface area contributed by atoms with Crippen LogP contribution in [0.5, 0.6) is 0 Å². The molecule has 0 bridgehead atoms. The third-order valence-electron chi connectivity index (χ3n) is 4.20. The second kappa shape index (κ2) is 6.81. The highest BCUT2D eigenvalue weighted by Gasteiger charge is 2.42. The van der Waals surface area contributed by atoms with Crippen LogP contribution in [-0.2, 0) is 16.4 Å². The molecule has 2 aromatic rings. The van der Waals surface area contributed by atoms with Gasteiger partial charge in [0, 0.05) is 16.5 Å². The van der Waals surface area contributed by atoms with Gasteiger partial charge < -0.3 is 15.1 Å². The molecule has 2 aliphatic heterocycles. The summed E-state index contributed by atoms with van der Waals surface area (Å²) in [5.41, 5.74) is 1.26. The van der Waals surface area contributed by atoms with Crippen LogP contribution in [0, 0.1) is 0 Å². The first kappa shape index (κ1) is 17.2. The highest BCUT2D eigenvalue weighted by atomic mass is 32.2. The first-order chi connectivity index (χ1) is 12.5. The topological polar surface area (TPSA) is 101 Å². The predicted molar refractivity (Wildman–Crippen MR) is 101 cm³/mol. The summed E-state index contributed by atoms with van der Waals surface area (Å²) in [5, 5.41) is 6.67. The standard InChI is InChI=1S/C17H17N3O4S2/c21-16(18-8-13-5-2-6-24-13)11-3-1-4-12(7-11)19-17-20-14-9-26(22,23)10-15(14)25-17/h1-7,14-15H,8-10H2,(H,18,21)(H,19,20)/t14-,15+/m1/s1. The molecule has 0 saturated carbocycles. The highest BCUT2D eigenvalue weighted by molar-refractivity contribution is 8.15. The van der Waals surface area contributed by atoms with Gasteiger partial charge in [-0.05, 0) is 30.3 Å². The van der Waals surface area contributed by atoms with E-state index in [1.807, 2.05) is 6.07 Å². The molecule has 1 saturated heterocycles. The van der Waals surface area contributed by atoms with Crippen LogP contribution in [0.4, 0.5) is 5.69 Å². The van der Waals surface area contributed by atoms with Crippen LogP contribution in [0.1, 0.15) is 16.1 Å². The van der Waals surface area contributed by atoms with E-state index in [0.717, 1.165) is 5.69 Å². The van der Waals surface area contributed by atoms with Gasteiger partial charge in [-0.15, -0.1) is 0 Å². The van der Waals surface area contributed by atoms with Gasteiger partial charge in [-0.3, -0.25) is 9.79 Å². The lowest BCUT2D eigenvalue weighted by Crippen LogP contribution is -2.22. The maximum absolute atomic E-state index is 12.3. The first-order valence-corrected chi connectivity index (χ1v) is 10.8. The number of amides is 1. The van der Waals surface area contributed by atoms with Crippen molar-refractivity contribution in [2.75, 3.05) is 16.8 Å². The summed E-state index contributed by atoms with van der Waals surface area (Å²) >= 11 is 1.45. The smallest absolute Gasteiger partial charge is 0.251 e. The molecule has 1 amide bonds. The molecule has 0 radical (unpaired) electrons. The summed E-state index contributed by atoms with van der Waals surface area (Å²) in [6.45, 7) is 0.323. The summed E-state index contributed by atoms with van der Waals surface area (Å²) in [6.07, 6.45) is 1.56. The fourth-order valence-corrected chi connectivity index (χ4v) is 6.64. The van der Waals surface area contributed by atoms with Crippen molar-refractivity contribution in [3.05, 3.63) is 54.0 Å². The summed E-state index contributed by atoms with van der Waals surface area (Å²) in [7, 11) is -2.96. The van der Waals surface area contributed by atoms with E-state index in [0.29, 0.717) is 23.0 Å². The zero-order chi connectivity index (χ0) is 18.1. The molecule has 136 valence electrons. The Kier molecular flexibility index (Phi) is 4.49. The van der Waals surface area contributed by atoms with Crippen molar-refractivity contribution in [2.45, 2.75) is 17.8 Å². The van der Waals surface area contributed by atoms with Crippen LogP contribution < -0.4 is 10.6 Å². The van der Waals surface area contributed by atoms with E-state index in [1.54, 1.807) is 36.6 Å². The Balaban J connectivity index is 1.39. The van der Waals surface area contributed by atoms with E-state index in [9.17, 15) is 13.2 Å². The summed E-state index contributed by atoms with van der Waals surface area (Å²) in [5.74, 6) is 0.775. The Hall–Kier alpha value is -2.26. The molecular formula is C17H17N3O4S2. The maximum Gasteiger partial charge on any atom is 0.251 e. The molecule has 1 aromatic carbocycles. The Morgan fingerprint density at radius 1 is 1.27 bits per heavy atom. The van der Waals surface area contributed by atoms with Crippen LogP contribution in [0.25, 0.3) is 0 Å². The van der Waals surface area contributed by atoms with E-state index in [1.165, 1.54) is 11.8 Å². The Morgan fingerprint density at radius 2 is 2.15 bits per heavy atom. The molecule has 0 spiro atoms. The second-order valence-corrected chi connectivity index (χ2v) is 9.58. The lowest BCUT2D eigenvalue weighted by molar-refractivity contribution is 0.0948. The van der Waals surface area contributed by atoms with Gasteiger partial charge in [0.25, 0.3) is 5.91 Å². The van der Waals surface area contributed by atoms with Gasteiger partial charge in [-0.1, -0.05) is 17.8 Å². The predicted octanol–water partition coefficient (Wildman–Crippen LogP) is 1.89. The number of furan rings is 1. The van der Waals surface area contributed by atoms with Crippen molar-refractivity contribution in [2.24, 2.45) is 4.99 Å². The highest BCUT2D eigenvalue weighted by Crippen LogP contribution is 2.34. The Bertz CT molecular complexity index is 954. The summed E-state index contributed by atoms with van der Waals surface area (Å²) < 4.78 is 28.4. The van der Waals surface area contributed by atoms with Gasteiger partial charge in [-0.2, -0.15) is 0 Å². The number of nitrogens with zero attached hydrogens (tertiary/aromatic N) is 1. The fraction of sp³-hybridized carbons (Fsp3) is 0.294. The molecule has 3 heterocycles. The number of anilines is 1. The van der Waals surface area contributed by atoms with Gasteiger partial charge in [-0.25, -0.2) is 8.42 Å².